The van der Waals surface area contributed by atoms with Gasteiger partial charge in [0.1, 0.15) is 6.04 Å². The second-order valence-electron chi connectivity index (χ2n) is 6.42. The van der Waals surface area contributed by atoms with Crippen LogP contribution in [0.5, 0.6) is 17.2 Å². The minimum Gasteiger partial charge on any atom is -0.493 e. The molecule has 6 nitrogen and oxygen atoms in total. The van der Waals surface area contributed by atoms with Gasteiger partial charge in [0.25, 0.3) is 0 Å². The average Bonchev–Trinajstić information content (AvgIpc) is 3.40. The lowest BCUT2D eigenvalue weighted by Crippen LogP contribution is -2.19. The van der Waals surface area contributed by atoms with Crippen LogP contribution >= 0.6 is 11.8 Å². The Bertz CT molecular complexity index is 963. The van der Waals surface area contributed by atoms with Crippen LogP contribution in [-0.2, 0) is 0 Å². The van der Waals surface area contributed by atoms with E-state index in [-0.39, 0.29) is 5.78 Å². The second kappa shape index (κ2) is 7.67. The van der Waals surface area contributed by atoms with Gasteiger partial charge in [-0.15, -0.1) is 11.8 Å². The molecule has 0 radical (unpaired) electrons. The summed E-state index contributed by atoms with van der Waals surface area (Å²) in [5.41, 5.74) is 3.81. The first kappa shape index (κ1) is 18.6. The smallest absolute Gasteiger partial charge is 0.203 e. The number of benzene rings is 1. The van der Waals surface area contributed by atoms with Crippen molar-refractivity contribution in [3.05, 3.63) is 53.3 Å². The monoisotopic (exact) mass is 396 g/mol. The quantitative estimate of drug-likeness (QED) is 0.687. The molecule has 1 aromatic carbocycles. The van der Waals surface area contributed by atoms with Gasteiger partial charge < -0.3 is 14.2 Å². The highest BCUT2D eigenvalue weighted by Crippen LogP contribution is 2.39. The van der Waals surface area contributed by atoms with E-state index in [2.05, 4.69) is 17.1 Å². The highest BCUT2D eigenvalue weighted by Gasteiger charge is 2.30. The number of ketones is 1. The molecule has 2 aliphatic heterocycles. The third-order valence-electron chi connectivity index (χ3n) is 4.82. The molecule has 28 heavy (non-hydrogen) atoms. The van der Waals surface area contributed by atoms with E-state index >= 15 is 0 Å². The van der Waals surface area contributed by atoms with Gasteiger partial charge in [0.2, 0.25) is 5.75 Å². The summed E-state index contributed by atoms with van der Waals surface area (Å²) in [6.07, 6.45) is 8.69. The number of methoxy groups -OCH3 is 3. The van der Waals surface area contributed by atoms with Gasteiger partial charge in [-0.05, 0) is 29.4 Å². The lowest BCUT2D eigenvalue weighted by atomic mass is 9.97. The van der Waals surface area contributed by atoms with E-state index in [4.69, 9.17) is 19.2 Å². The molecule has 0 amide bonds. The van der Waals surface area contributed by atoms with Crippen molar-refractivity contribution in [2.24, 2.45) is 9.98 Å². The van der Waals surface area contributed by atoms with E-state index in [0.29, 0.717) is 28.6 Å². The van der Waals surface area contributed by atoms with E-state index in [1.165, 1.54) is 21.3 Å². The number of allylic oxidation sites excluding steroid dienone is 4. The third-order valence-corrected chi connectivity index (χ3v) is 5.94. The van der Waals surface area contributed by atoms with Gasteiger partial charge >= 0.3 is 0 Å². The highest BCUT2D eigenvalue weighted by atomic mass is 32.2. The maximum atomic E-state index is 13.1. The van der Waals surface area contributed by atoms with E-state index in [1.54, 1.807) is 23.9 Å². The Morgan fingerprint density at radius 3 is 2.54 bits per heavy atom. The first-order valence-corrected chi connectivity index (χ1v) is 9.82. The average molecular weight is 396 g/mol. The number of fused-ring (bicyclic) bond motifs is 1. The number of rotatable bonds is 6. The predicted octanol–water partition coefficient (Wildman–Crippen LogP) is 3.63. The van der Waals surface area contributed by atoms with E-state index in [1.807, 2.05) is 12.3 Å². The Labute approximate surface area is 167 Å². The molecule has 0 N–H and O–H groups in total. The summed E-state index contributed by atoms with van der Waals surface area (Å²) in [5.74, 6) is 1.93. The SMILES string of the molecule is COc1cc(C(=O)C2CSC(C3=CC=C4C=CN=C4C3)=N2)cc(OC)c1OC. The zero-order valence-electron chi connectivity index (χ0n) is 15.9. The molecule has 144 valence electrons. The number of thioether (sulfide) groups is 1. The summed E-state index contributed by atoms with van der Waals surface area (Å²) < 4.78 is 16.0. The Kier molecular flexibility index (Phi) is 5.09. The molecule has 3 aliphatic rings. The predicted molar refractivity (Wildman–Crippen MR) is 111 cm³/mol. The minimum absolute atomic E-state index is 0.0609. The minimum atomic E-state index is -0.433. The molecular formula is C21H20N2O4S. The van der Waals surface area contributed by atoms with Crippen LogP contribution < -0.4 is 14.2 Å². The molecule has 1 unspecified atom stereocenters. The van der Waals surface area contributed by atoms with Gasteiger partial charge in [0.05, 0.1) is 32.1 Å². The molecule has 1 aliphatic carbocycles. The van der Waals surface area contributed by atoms with Crippen molar-refractivity contribution in [3.63, 3.8) is 0 Å². The molecule has 2 heterocycles. The number of carbonyl (C=O) groups excluding carboxylic acids is 1. The molecule has 1 atom stereocenters. The largest absolute Gasteiger partial charge is 0.493 e. The van der Waals surface area contributed by atoms with Crippen LogP contribution in [0.15, 0.2) is 57.7 Å². The first-order valence-electron chi connectivity index (χ1n) is 8.84. The van der Waals surface area contributed by atoms with Crippen LogP contribution in [0.2, 0.25) is 0 Å². The summed E-state index contributed by atoms with van der Waals surface area (Å²) in [5, 5.41) is 0.913. The van der Waals surface area contributed by atoms with Gasteiger partial charge in [-0.3, -0.25) is 14.8 Å². The Morgan fingerprint density at radius 1 is 1.11 bits per heavy atom. The van der Waals surface area contributed by atoms with Crippen LogP contribution in [-0.4, -0.2) is 49.7 Å². The van der Waals surface area contributed by atoms with Gasteiger partial charge in [-0.1, -0.05) is 12.2 Å². The first-order chi connectivity index (χ1) is 13.6. The normalized spacial score (nSPS) is 20.0. The Morgan fingerprint density at radius 2 is 1.86 bits per heavy atom. The molecular weight excluding hydrogens is 376 g/mol. The maximum absolute atomic E-state index is 13.1. The van der Waals surface area contributed by atoms with Crippen LogP contribution in [0.25, 0.3) is 0 Å². The highest BCUT2D eigenvalue weighted by molar-refractivity contribution is 8.14. The summed E-state index contributed by atoms with van der Waals surface area (Å²) in [6.45, 7) is 0. The second-order valence-corrected chi connectivity index (χ2v) is 7.43. The van der Waals surface area contributed by atoms with Gasteiger partial charge in [0.15, 0.2) is 17.3 Å². The fraction of sp³-hybridized carbons (Fsp3) is 0.286. The van der Waals surface area contributed by atoms with Crippen molar-refractivity contribution in [3.8, 4) is 17.2 Å². The van der Waals surface area contributed by atoms with Crippen molar-refractivity contribution in [2.45, 2.75) is 12.5 Å². The van der Waals surface area contributed by atoms with Crippen LogP contribution in [0.1, 0.15) is 16.8 Å². The fourth-order valence-corrected chi connectivity index (χ4v) is 4.42. The van der Waals surface area contributed by atoms with Crippen molar-refractivity contribution >= 4 is 28.3 Å². The van der Waals surface area contributed by atoms with E-state index < -0.39 is 6.04 Å². The molecule has 0 fully saturated rings. The lowest BCUT2D eigenvalue weighted by Gasteiger charge is -2.14. The topological polar surface area (TPSA) is 69.5 Å². The molecule has 0 spiro atoms. The number of nitrogens with zero attached hydrogens (tertiary/aromatic N) is 2. The molecule has 4 rings (SSSR count). The third kappa shape index (κ3) is 3.26. The van der Waals surface area contributed by atoms with Crippen LogP contribution in [0, 0.1) is 0 Å². The number of carbonyl (C=O) groups is 1. The zero-order valence-corrected chi connectivity index (χ0v) is 16.7. The molecule has 1 aromatic rings. The van der Waals surface area contributed by atoms with Gasteiger partial charge in [0, 0.05) is 23.9 Å². The standard InChI is InChI=1S/C21H20N2O4S/c1-25-17-9-14(10-18(26-2)20(17)27-3)19(24)16-11-28-21(23-16)13-5-4-12-6-7-22-15(12)8-13/h4-7,9-10,16H,8,11H2,1-3H3. The summed E-state index contributed by atoms with van der Waals surface area (Å²) in [7, 11) is 4.60. The zero-order chi connectivity index (χ0) is 19.7. The summed E-state index contributed by atoms with van der Waals surface area (Å²) >= 11 is 1.61. The Balaban J connectivity index is 1.58. The molecule has 0 aromatic heterocycles. The van der Waals surface area contributed by atoms with Gasteiger partial charge in [-0.2, -0.15) is 0 Å². The maximum Gasteiger partial charge on any atom is 0.203 e. The number of aliphatic imine (C=N–C) groups is 2. The van der Waals surface area contributed by atoms with Gasteiger partial charge in [-0.25, -0.2) is 0 Å². The van der Waals surface area contributed by atoms with E-state index in [0.717, 1.165) is 28.3 Å². The molecule has 7 heteroatoms. The number of hydrogen-bond acceptors (Lipinski definition) is 7. The van der Waals surface area contributed by atoms with Crippen molar-refractivity contribution in [1.82, 2.24) is 0 Å². The van der Waals surface area contributed by atoms with Crippen molar-refractivity contribution in [2.75, 3.05) is 27.1 Å². The summed E-state index contributed by atoms with van der Waals surface area (Å²) in [4.78, 5) is 22.1. The van der Waals surface area contributed by atoms with Crippen LogP contribution in [0.4, 0.5) is 0 Å². The summed E-state index contributed by atoms with van der Waals surface area (Å²) in [6, 6.07) is 2.92. The lowest BCUT2D eigenvalue weighted by molar-refractivity contribution is 0.0971. The molecule has 0 bridgehead atoms. The molecule has 0 saturated heterocycles. The van der Waals surface area contributed by atoms with E-state index in [9.17, 15) is 4.79 Å². The fourth-order valence-electron chi connectivity index (χ4n) is 3.35. The van der Waals surface area contributed by atoms with Crippen molar-refractivity contribution < 1.29 is 19.0 Å². The number of Topliss-reactive ketones (excluding diaryl/α,β-unsaturated/α-hetero) is 1. The number of ether oxygens (including phenoxy) is 3. The Hall–Kier alpha value is -2.80. The number of hydrogen-bond donors (Lipinski definition) is 0. The van der Waals surface area contributed by atoms with Crippen molar-refractivity contribution in [1.29, 1.82) is 0 Å². The molecule has 0 saturated carbocycles. The van der Waals surface area contributed by atoms with Crippen LogP contribution in [0.3, 0.4) is 0 Å².